The molecule has 0 atom stereocenters. The van der Waals surface area contributed by atoms with Gasteiger partial charge in [0.25, 0.3) is 0 Å². The van der Waals surface area contributed by atoms with E-state index in [1.54, 1.807) is 0 Å². The summed E-state index contributed by atoms with van der Waals surface area (Å²) in [6, 6.07) is 33.9. The Hall–Kier alpha value is -4.72. The topological polar surface area (TPSA) is 25.9 Å². The van der Waals surface area contributed by atoms with Crippen molar-refractivity contribution in [2.45, 2.75) is 239 Å². The lowest BCUT2D eigenvalue weighted by Gasteiger charge is -2.16. The molecule has 0 N–H and O–H groups in total. The van der Waals surface area contributed by atoms with Crippen molar-refractivity contribution in [3.63, 3.8) is 0 Å². The number of unbranched alkanes of at least 4 members (excludes halogenated alkanes) is 16. The van der Waals surface area contributed by atoms with Gasteiger partial charge in [-0.05, 0) is 97.1 Å². The molecule has 0 saturated heterocycles. The number of rotatable bonds is 24. The number of anilines is 8. The molecule has 0 heterocycles. The van der Waals surface area contributed by atoms with E-state index in [9.17, 15) is 0 Å². The predicted molar refractivity (Wildman–Crippen MR) is 404 cm³/mol. The van der Waals surface area contributed by atoms with E-state index in [0.29, 0.717) is 0 Å². The average molecular weight is 1180 g/mol. The van der Waals surface area contributed by atoms with Gasteiger partial charge in [-0.25, -0.2) is 0 Å². The Bertz CT molecular complexity index is 1350. The molecule has 0 radical (unpaired) electrons. The zero-order valence-corrected chi connectivity index (χ0v) is 63.0. The van der Waals surface area contributed by atoms with E-state index in [4.69, 9.17) is 0 Å². The lowest BCUT2D eigenvalue weighted by Crippen LogP contribution is -2.10. The molecule has 4 aromatic rings. The summed E-state index contributed by atoms with van der Waals surface area (Å²) >= 11 is 0. The van der Waals surface area contributed by atoms with Crippen LogP contribution in [0.3, 0.4) is 0 Å². The maximum atomic E-state index is 2.25. The summed E-state index contributed by atoms with van der Waals surface area (Å²) in [6.07, 6.45) is 28.0. The van der Waals surface area contributed by atoms with Crippen LogP contribution in [0, 0.1) is 0 Å². The molecule has 0 spiro atoms. The molecule has 0 aromatic heterocycles. The predicted octanol–water partition coefficient (Wildman–Crippen LogP) is 23.3. The van der Waals surface area contributed by atoms with Gasteiger partial charge in [-0.1, -0.05) is 239 Å². The summed E-state index contributed by atoms with van der Waals surface area (Å²) in [6.45, 7) is 34.0. The third-order valence-electron chi connectivity index (χ3n) is 12.4. The molecule has 0 fully saturated rings. The monoisotopic (exact) mass is 1180 g/mol. The van der Waals surface area contributed by atoms with Crippen molar-refractivity contribution in [1.82, 2.24) is 0 Å². The molecule has 8 nitrogen and oxygen atoms in total. The van der Waals surface area contributed by atoms with Crippen LogP contribution in [0.2, 0.25) is 0 Å². The molecule has 84 heavy (non-hydrogen) atoms. The van der Waals surface area contributed by atoms with Gasteiger partial charge in [0, 0.05) is 158 Å². The summed E-state index contributed by atoms with van der Waals surface area (Å²) in [5, 5.41) is 0. The second-order valence-corrected chi connectivity index (χ2v) is 21.5. The third kappa shape index (κ3) is 64.8. The molecule has 4 aromatic carbocycles. The molecule has 0 aliphatic rings. The van der Waals surface area contributed by atoms with E-state index in [1.165, 1.54) is 174 Å². The van der Waals surface area contributed by atoms with E-state index < -0.39 is 0 Å². The fourth-order valence-electron chi connectivity index (χ4n) is 6.90. The molecule has 496 valence electrons. The molecule has 0 unspecified atom stereocenters. The van der Waals surface area contributed by atoms with Gasteiger partial charge in [-0.15, -0.1) is 0 Å². The van der Waals surface area contributed by atoms with Crippen LogP contribution in [0.5, 0.6) is 0 Å². The van der Waals surface area contributed by atoms with Crippen LogP contribution in [-0.4, -0.2) is 113 Å². The van der Waals surface area contributed by atoms with Crippen molar-refractivity contribution in [2.24, 2.45) is 0 Å². The molecule has 4 rings (SSSR count). The zero-order chi connectivity index (χ0) is 66.7. The highest BCUT2D eigenvalue weighted by atomic mass is 15.1. The third-order valence-corrected chi connectivity index (χ3v) is 12.4. The summed E-state index contributed by atoms with van der Waals surface area (Å²) in [4.78, 5) is 16.8. The fourth-order valence-corrected chi connectivity index (χ4v) is 6.90. The molecule has 0 aliphatic carbocycles. The van der Waals surface area contributed by atoms with Crippen LogP contribution in [-0.2, 0) is 0 Å². The molecule has 8 heteroatoms. The van der Waals surface area contributed by atoms with Gasteiger partial charge in [-0.3, -0.25) is 0 Å². The lowest BCUT2D eigenvalue weighted by molar-refractivity contribution is 0.656. The Balaban J connectivity index is -0.000000130. The standard InChI is InChI=1S/4C10H16N2.4C7H16.4C2H6/c4*1-11(2)9-5-7-10(8-6-9)12(3)4;4*1-3-5-7-6-4-2;4*1-2/h4*5-8H,1-4H3;4*3-7H2,1-2H3;4*1-2H3. The van der Waals surface area contributed by atoms with Gasteiger partial charge in [0.05, 0.1) is 0 Å². The first-order chi connectivity index (χ1) is 40.1. The molecule has 0 bridgehead atoms. The van der Waals surface area contributed by atoms with Gasteiger partial charge >= 0.3 is 0 Å². The van der Waals surface area contributed by atoms with Crippen molar-refractivity contribution in [3.05, 3.63) is 97.1 Å². The van der Waals surface area contributed by atoms with Crippen molar-refractivity contribution < 1.29 is 0 Å². The molecule has 0 amide bonds. The summed E-state index contributed by atoms with van der Waals surface area (Å²) in [7, 11) is 32.7. The highest BCUT2D eigenvalue weighted by Gasteiger charge is 2.00. The second kappa shape index (κ2) is 74.4. The maximum absolute atomic E-state index is 2.25. The zero-order valence-electron chi connectivity index (χ0n) is 63.0. The maximum Gasteiger partial charge on any atom is 0.0362 e. The minimum atomic E-state index is 1.24. The first-order valence-electron chi connectivity index (χ1n) is 33.9. The van der Waals surface area contributed by atoms with Gasteiger partial charge in [-0.2, -0.15) is 0 Å². The van der Waals surface area contributed by atoms with Gasteiger partial charge in [0.1, 0.15) is 0 Å². The Kier molecular flexibility index (Phi) is 84.7. The SMILES string of the molecule is CC.CC.CC.CC.CCCCCCC.CCCCCCC.CCCCCCC.CCCCCCC.CN(C)c1ccc(N(C)C)cc1.CN(C)c1ccc(N(C)C)cc1.CN(C)c1ccc(N(C)C)cc1.CN(C)c1ccc(N(C)C)cc1. The van der Waals surface area contributed by atoms with Crippen LogP contribution in [0.4, 0.5) is 45.5 Å². The van der Waals surface area contributed by atoms with E-state index >= 15 is 0 Å². The van der Waals surface area contributed by atoms with Crippen LogP contribution in [0.25, 0.3) is 0 Å². The second-order valence-electron chi connectivity index (χ2n) is 21.5. The van der Waals surface area contributed by atoms with Crippen molar-refractivity contribution in [1.29, 1.82) is 0 Å². The van der Waals surface area contributed by atoms with Gasteiger partial charge in [0.15, 0.2) is 0 Å². The molecule has 0 aliphatic heterocycles. The normalized spacial score (nSPS) is 8.95. The van der Waals surface area contributed by atoms with Crippen molar-refractivity contribution in [3.8, 4) is 0 Å². The minimum absolute atomic E-state index is 1.24. The van der Waals surface area contributed by atoms with Crippen LogP contribution >= 0.6 is 0 Å². The quantitative estimate of drug-likeness (QED) is 0.0641. The highest BCUT2D eigenvalue weighted by molar-refractivity contribution is 5.57. The number of nitrogens with zero attached hydrogens (tertiary/aromatic N) is 8. The largest absolute Gasteiger partial charge is 0.378 e. The summed E-state index contributed by atoms with van der Waals surface area (Å²) in [5.41, 5.74) is 9.89. The lowest BCUT2D eigenvalue weighted by atomic mass is 10.2. The molecular weight excluding hydrogens is 1020 g/mol. The van der Waals surface area contributed by atoms with E-state index in [-0.39, 0.29) is 0 Å². The number of hydrogen-bond donors (Lipinski definition) is 0. The number of hydrogen-bond acceptors (Lipinski definition) is 8. The van der Waals surface area contributed by atoms with Gasteiger partial charge in [0.2, 0.25) is 0 Å². The molecule has 0 saturated carbocycles. The van der Waals surface area contributed by atoms with Crippen molar-refractivity contribution in [2.75, 3.05) is 152 Å². The Labute approximate surface area is 531 Å². The van der Waals surface area contributed by atoms with Crippen LogP contribution < -0.4 is 39.2 Å². The minimum Gasteiger partial charge on any atom is -0.378 e. The first-order valence-corrected chi connectivity index (χ1v) is 33.9. The van der Waals surface area contributed by atoms with E-state index in [2.05, 4.69) is 192 Å². The first kappa shape index (κ1) is 95.6. The smallest absolute Gasteiger partial charge is 0.0362 e. The Morgan fingerprint density at radius 1 is 0.155 bits per heavy atom. The fraction of sp³-hybridized carbons (Fsp3) is 0.684. The van der Waals surface area contributed by atoms with Crippen LogP contribution in [0.15, 0.2) is 97.1 Å². The summed E-state index contributed by atoms with van der Waals surface area (Å²) in [5.74, 6) is 0. The Morgan fingerprint density at radius 2 is 0.226 bits per heavy atom. The van der Waals surface area contributed by atoms with Gasteiger partial charge < -0.3 is 39.2 Å². The van der Waals surface area contributed by atoms with Crippen molar-refractivity contribution >= 4 is 45.5 Å². The number of benzene rings is 4. The van der Waals surface area contributed by atoms with E-state index in [1.807, 2.05) is 168 Å². The Morgan fingerprint density at radius 3 is 0.274 bits per heavy atom. The summed E-state index contributed by atoms with van der Waals surface area (Å²) < 4.78 is 0. The highest BCUT2D eigenvalue weighted by Crippen LogP contribution is 2.20. The average Bonchev–Trinajstić information content (AvgIpc) is 3.55. The molecular formula is C76H152N8. The van der Waals surface area contributed by atoms with E-state index in [0.717, 1.165) is 0 Å². The van der Waals surface area contributed by atoms with Crippen LogP contribution in [0.1, 0.15) is 239 Å².